The fourth-order valence-electron chi connectivity index (χ4n) is 1.04. The van der Waals surface area contributed by atoms with Gasteiger partial charge in [-0.15, -0.1) is 0 Å². The van der Waals surface area contributed by atoms with Crippen molar-refractivity contribution in [3.63, 3.8) is 0 Å². The van der Waals surface area contributed by atoms with Gasteiger partial charge in [0.05, 0.1) is 11.9 Å². The number of hydrogen-bond acceptors (Lipinski definition) is 3. The first-order valence-electron chi connectivity index (χ1n) is 4.87. The van der Waals surface area contributed by atoms with Gasteiger partial charge in [0.2, 0.25) is 0 Å². The van der Waals surface area contributed by atoms with Gasteiger partial charge < -0.3 is 15.4 Å². The summed E-state index contributed by atoms with van der Waals surface area (Å²) in [5.74, 6) is 0. The van der Waals surface area contributed by atoms with Gasteiger partial charge in [-0.3, -0.25) is 0 Å². The number of hydrogen-bond donors (Lipinski definition) is 2. The lowest BCUT2D eigenvalue weighted by molar-refractivity contribution is 0.194. The Morgan fingerprint density at radius 3 is 3.00 bits per heavy atom. The van der Waals surface area contributed by atoms with Crippen LogP contribution >= 0.6 is 11.6 Å². The van der Waals surface area contributed by atoms with E-state index in [1.807, 2.05) is 0 Å². The molecule has 0 fully saturated rings. The van der Waals surface area contributed by atoms with Gasteiger partial charge in [0, 0.05) is 20.3 Å². The van der Waals surface area contributed by atoms with E-state index >= 15 is 0 Å². The first kappa shape index (κ1) is 12.7. The van der Waals surface area contributed by atoms with Crippen molar-refractivity contribution in [1.29, 1.82) is 0 Å². The monoisotopic (exact) mass is 243 g/mol. The van der Waals surface area contributed by atoms with Crippen LogP contribution in [0.4, 0.5) is 10.5 Å². The van der Waals surface area contributed by atoms with Crippen molar-refractivity contribution in [2.24, 2.45) is 0 Å². The number of ether oxygens (including phenoxy) is 1. The van der Waals surface area contributed by atoms with Gasteiger partial charge in [0.25, 0.3) is 0 Å². The predicted molar refractivity (Wildman–Crippen MR) is 62.8 cm³/mol. The zero-order valence-corrected chi connectivity index (χ0v) is 9.75. The largest absolute Gasteiger partial charge is 0.385 e. The van der Waals surface area contributed by atoms with Crippen LogP contribution in [-0.2, 0) is 4.74 Å². The van der Waals surface area contributed by atoms with Gasteiger partial charge in [0.15, 0.2) is 0 Å². The predicted octanol–water partition coefficient (Wildman–Crippen LogP) is 1.89. The van der Waals surface area contributed by atoms with Gasteiger partial charge >= 0.3 is 6.03 Å². The number of carbonyl (C=O) groups is 1. The molecule has 1 heterocycles. The number of carbonyl (C=O) groups excluding carboxylic acids is 1. The van der Waals surface area contributed by atoms with Crippen LogP contribution in [0.1, 0.15) is 6.42 Å². The van der Waals surface area contributed by atoms with E-state index in [2.05, 4.69) is 15.6 Å². The molecule has 0 aromatic carbocycles. The summed E-state index contributed by atoms with van der Waals surface area (Å²) in [6.45, 7) is 1.20. The maximum Gasteiger partial charge on any atom is 0.319 e. The number of urea groups is 1. The molecule has 2 N–H and O–H groups in total. The van der Waals surface area contributed by atoms with Crippen molar-refractivity contribution in [2.75, 3.05) is 25.6 Å². The Balaban J connectivity index is 2.26. The van der Waals surface area contributed by atoms with Gasteiger partial charge in [-0.25, -0.2) is 9.78 Å². The van der Waals surface area contributed by atoms with Crippen LogP contribution in [0.3, 0.4) is 0 Å². The molecule has 0 aliphatic rings. The van der Waals surface area contributed by atoms with Crippen molar-refractivity contribution in [3.8, 4) is 0 Å². The number of nitrogens with one attached hydrogen (secondary N) is 2. The Hall–Kier alpha value is -1.33. The lowest BCUT2D eigenvalue weighted by Crippen LogP contribution is -2.30. The van der Waals surface area contributed by atoms with Gasteiger partial charge in [0.1, 0.15) is 5.15 Å². The van der Waals surface area contributed by atoms with Gasteiger partial charge in [-0.05, 0) is 18.6 Å². The Morgan fingerprint density at radius 2 is 2.38 bits per heavy atom. The number of pyridine rings is 1. The average molecular weight is 244 g/mol. The molecule has 0 radical (unpaired) electrons. The Kier molecular flexibility index (Phi) is 5.60. The Labute approximate surface area is 99.2 Å². The smallest absolute Gasteiger partial charge is 0.319 e. The van der Waals surface area contributed by atoms with E-state index in [4.69, 9.17) is 16.3 Å². The van der Waals surface area contributed by atoms with E-state index in [9.17, 15) is 4.79 Å². The van der Waals surface area contributed by atoms with Gasteiger partial charge in [-0.1, -0.05) is 11.6 Å². The third-order valence-corrected chi connectivity index (χ3v) is 2.02. The highest BCUT2D eigenvalue weighted by Gasteiger charge is 2.00. The summed E-state index contributed by atoms with van der Waals surface area (Å²) in [5.41, 5.74) is 0.605. The maximum absolute atomic E-state index is 11.3. The molecule has 0 saturated heterocycles. The van der Waals surface area contributed by atoms with Crippen LogP contribution in [0, 0.1) is 0 Å². The van der Waals surface area contributed by atoms with E-state index in [-0.39, 0.29) is 6.03 Å². The zero-order valence-electron chi connectivity index (χ0n) is 9.00. The minimum Gasteiger partial charge on any atom is -0.385 e. The minimum atomic E-state index is -0.264. The van der Waals surface area contributed by atoms with E-state index < -0.39 is 0 Å². The van der Waals surface area contributed by atoms with Crippen LogP contribution in [0.25, 0.3) is 0 Å². The topological polar surface area (TPSA) is 63.2 Å². The number of amides is 2. The van der Waals surface area contributed by atoms with E-state index in [0.29, 0.717) is 24.0 Å². The Bertz CT molecular complexity index is 329. The molecule has 16 heavy (non-hydrogen) atoms. The summed E-state index contributed by atoms with van der Waals surface area (Å²) in [6, 6.07) is 3.03. The van der Waals surface area contributed by atoms with Crippen molar-refractivity contribution < 1.29 is 9.53 Å². The van der Waals surface area contributed by atoms with Crippen LogP contribution in [0.2, 0.25) is 5.15 Å². The van der Waals surface area contributed by atoms with E-state index in [1.54, 1.807) is 19.2 Å². The summed E-state index contributed by atoms with van der Waals surface area (Å²) in [4.78, 5) is 15.2. The quantitative estimate of drug-likeness (QED) is 0.613. The molecular weight excluding hydrogens is 230 g/mol. The lowest BCUT2D eigenvalue weighted by Gasteiger charge is -2.06. The van der Waals surface area contributed by atoms with Crippen molar-refractivity contribution in [2.45, 2.75) is 6.42 Å². The first-order valence-corrected chi connectivity index (χ1v) is 5.25. The molecule has 0 saturated carbocycles. The zero-order chi connectivity index (χ0) is 11.8. The minimum absolute atomic E-state index is 0.264. The molecule has 6 heteroatoms. The fourth-order valence-corrected chi connectivity index (χ4v) is 1.16. The number of nitrogens with zero attached hydrogens (tertiary/aromatic N) is 1. The average Bonchev–Trinajstić information content (AvgIpc) is 2.28. The summed E-state index contributed by atoms with van der Waals surface area (Å²) in [5, 5.41) is 5.72. The third-order valence-electron chi connectivity index (χ3n) is 1.80. The molecule has 0 aliphatic heterocycles. The summed E-state index contributed by atoms with van der Waals surface area (Å²) in [6.07, 6.45) is 2.28. The number of halogens is 1. The first-order chi connectivity index (χ1) is 7.72. The molecule has 0 spiro atoms. The normalized spacial score (nSPS) is 9.88. The highest BCUT2D eigenvalue weighted by Crippen LogP contribution is 2.09. The van der Waals surface area contributed by atoms with Crippen molar-refractivity contribution in [3.05, 3.63) is 23.5 Å². The van der Waals surface area contributed by atoms with Crippen LogP contribution in [0.5, 0.6) is 0 Å². The van der Waals surface area contributed by atoms with Crippen molar-refractivity contribution in [1.82, 2.24) is 10.3 Å². The molecule has 1 aromatic rings. The van der Waals surface area contributed by atoms with Gasteiger partial charge in [-0.2, -0.15) is 0 Å². The molecule has 2 amide bonds. The van der Waals surface area contributed by atoms with Crippen LogP contribution in [0.15, 0.2) is 18.3 Å². The molecule has 0 unspecified atom stereocenters. The summed E-state index contributed by atoms with van der Waals surface area (Å²) < 4.78 is 4.86. The number of anilines is 1. The molecule has 0 aliphatic carbocycles. The van der Waals surface area contributed by atoms with Crippen LogP contribution < -0.4 is 10.6 Å². The van der Waals surface area contributed by atoms with Crippen LogP contribution in [-0.4, -0.2) is 31.3 Å². The summed E-state index contributed by atoms with van der Waals surface area (Å²) in [7, 11) is 1.62. The molecule has 88 valence electrons. The van der Waals surface area contributed by atoms with E-state index in [1.165, 1.54) is 6.20 Å². The third kappa shape index (κ3) is 4.95. The lowest BCUT2D eigenvalue weighted by atomic mass is 10.4. The second-order valence-electron chi connectivity index (χ2n) is 3.10. The molecule has 1 rings (SSSR count). The second-order valence-corrected chi connectivity index (χ2v) is 3.48. The molecule has 0 bridgehead atoms. The Morgan fingerprint density at radius 1 is 1.56 bits per heavy atom. The van der Waals surface area contributed by atoms with Crippen molar-refractivity contribution >= 4 is 23.3 Å². The van der Waals surface area contributed by atoms with E-state index in [0.717, 1.165) is 6.42 Å². The fraction of sp³-hybridized carbons (Fsp3) is 0.400. The molecule has 1 aromatic heterocycles. The number of methoxy groups -OCH3 is 1. The second kappa shape index (κ2) is 7.03. The standard InChI is InChI=1S/C10H14ClN3O2/c1-16-6-2-5-12-10(15)14-8-3-4-9(11)13-7-8/h3-4,7H,2,5-6H2,1H3,(H2,12,14,15). The SMILES string of the molecule is COCCCNC(=O)Nc1ccc(Cl)nc1. The summed E-state index contributed by atoms with van der Waals surface area (Å²) >= 11 is 5.61. The maximum atomic E-state index is 11.3. The molecule has 5 nitrogen and oxygen atoms in total. The molecule has 0 atom stereocenters. The molecular formula is C10H14ClN3O2. The number of aromatic nitrogens is 1. The highest BCUT2D eigenvalue weighted by molar-refractivity contribution is 6.29. The number of rotatable bonds is 5. The highest BCUT2D eigenvalue weighted by atomic mass is 35.5.